The number of aliphatic hydroxyl groups excluding tert-OH is 1. The number of carbonyl (C=O) groups is 2. The lowest BCUT2D eigenvalue weighted by Gasteiger charge is -2.16. The molecule has 2 rings (SSSR count). The zero-order valence-electron chi connectivity index (χ0n) is 15.2. The molecule has 2 atom stereocenters. The van der Waals surface area contributed by atoms with E-state index in [9.17, 15) is 14.7 Å². The van der Waals surface area contributed by atoms with Gasteiger partial charge in [-0.1, -0.05) is 44.2 Å². The SMILES string of the molecule is CCC(CC)c1cnc(NC(=O)C(C)NC(=O)C(O)c2ccccc2)s1. The van der Waals surface area contributed by atoms with E-state index in [2.05, 4.69) is 29.5 Å². The third-order valence-corrected chi connectivity index (χ3v) is 5.33. The first-order chi connectivity index (χ1) is 12.5. The number of carbonyl (C=O) groups excluding carboxylic acids is 2. The third-order valence-electron chi connectivity index (χ3n) is 4.26. The summed E-state index contributed by atoms with van der Waals surface area (Å²) >= 11 is 1.45. The van der Waals surface area contributed by atoms with Crippen LogP contribution in [0.2, 0.25) is 0 Å². The third kappa shape index (κ3) is 5.12. The molecule has 7 heteroatoms. The van der Waals surface area contributed by atoms with E-state index in [1.54, 1.807) is 43.5 Å². The maximum Gasteiger partial charge on any atom is 0.254 e. The first-order valence-electron chi connectivity index (χ1n) is 8.76. The van der Waals surface area contributed by atoms with Gasteiger partial charge >= 0.3 is 0 Å². The number of hydrogen-bond acceptors (Lipinski definition) is 5. The van der Waals surface area contributed by atoms with Crippen molar-refractivity contribution in [2.24, 2.45) is 0 Å². The first kappa shape index (κ1) is 20.1. The van der Waals surface area contributed by atoms with Crippen molar-refractivity contribution in [1.82, 2.24) is 10.3 Å². The Morgan fingerprint density at radius 2 is 1.81 bits per heavy atom. The van der Waals surface area contributed by atoms with Crippen LogP contribution in [0.5, 0.6) is 0 Å². The molecule has 2 aromatic rings. The van der Waals surface area contributed by atoms with Crippen LogP contribution in [0, 0.1) is 0 Å². The number of aromatic nitrogens is 1. The van der Waals surface area contributed by atoms with Gasteiger partial charge < -0.3 is 15.7 Å². The van der Waals surface area contributed by atoms with Gasteiger partial charge in [-0.2, -0.15) is 0 Å². The lowest BCUT2D eigenvalue weighted by molar-refractivity contribution is -0.132. The summed E-state index contributed by atoms with van der Waals surface area (Å²) in [4.78, 5) is 29.8. The van der Waals surface area contributed by atoms with Crippen molar-refractivity contribution >= 4 is 28.3 Å². The molecule has 26 heavy (non-hydrogen) atoms. The van der Waals surface area contributed by atoms with Crippen LogP contribution in [0.3, 0.4) is 0 Å². The molecule has 140 valence electrons. The lowest BCUT2D eigenvalue weighted by Crippen LogP contribution is -2.43. The molecule has 0 aliphatic carbocycles. The van der Waals surface area contributed by atoms with Crippen molar-refractivity contribution in [3.63, 3.8) is 0 Å². The number of nitrogens with one attached hydrogen (secondary N) is 2. The Labute approximate surface area is 157 Å². The maximum absolute atomic E-state index is 12.3. The predicted octanol–water partition coefficient (Wildman–Crippen LogP) is 3.22. The number of anilines is 1. The van der Waals surface area contributed by atoms with Crippen LogP contribution in [0.1, 0.15) is 56.1 Å². The van der Waals surface area contributed by atoms with E-state index >= 15 is 0 Å². The number of benzene rings is 1. The Morgan fingerprint density at radius 1 is 1.15 bits per heavy atom. The molecule has 0 bridgehead atoms. The van der Waals surface area contributed by atoms with Gasteiger partial charge in [0.05, 0.1) is 0 Å². The van der Waals surface area contributed by atoms with Gasteiger partial charge in [0.15, 0.2) is 11.2 Å². The average Bonchev–Trinajstić information content (AvgIpc) is 3.10. The van der Waals surface area contributed by atoms with Gasteiger partial charge in [0.1, 0.15) is 6.04 Å². The maximum atomic E-state index is 12.3. The van der Waals surface area contributed by atoms with Crippen molar-refractivity contribution in [3.05, 3.63) is 47.0 Å². The summed E-state index contributed by atoms with van der Waals surface area (Å²) in [7, 11) is 0. The normalized spacial score (nSPS) is 13.3. The molecule has 0 saturated heterocycles. The van der Waals surface area contributed by atoms with E-state index in [-0.39, 0.29) is 5.91 Å². The average molecular weight is 375 g/mol. The standard InChI is InChI=1S/C19H25N3O3S/c1-4-13(5-2)15-11-20-19(26-15)22-17(24)12(3)21-18(25)16(23)14-9-7-6-8-10-14/h6-13,16,23H,4-5H2,1-3H3,(H,21,25)(H,20,22,24). The van der Waals surface area contributed by atoms with E-state index in [0.29, 0.717) is 16.6 Å². The second-order valence-electron chi connectivity index (χ2n) is 6.11. The second kappa shape index (κ2) is 9.45. The van der Waals surface area contributed by atoms with E-state index < -0.39 is 18.1 Å². The number of amides is 2. The van der Waals surface area contributed by atoms with Crippen LogP contribution >= 0.6 is 11.3 Å². The number of aliphatic hydroxyl groups is 1. The van der Waals surface area contributed by atoms with Gasteiger partial charge in [0.2, 0.25) is 5.91 Å². The Morgan fingerprint density at radius 3 is 2.42 bits per heavy atom. The van der Waals surface area contributed by atoms with Crippen molar-refractivity contribution in [3.8, 4) is 0 Å². The smallest absolute Gasteiger partial charge is 0.254 e. The fourth-order valence-electron chi connectivity index (χ4n) is 2.58. The van der Waals surface area contributed by atoms with Gasteiger partial charge in [-0.15, -0.1) is 11.3 Å². The van der Waals surface area contributed by atoms with Crippen LogP contribution < -0.4 is 10.6 Å². The second-order valence-corrected chi connectivity index (χ2v) is 7.18. The summed E-state index contributed by atoms with van der Waals surface area (Å²) in [6.07, 6.45) is 2.53. The summed E-state index contributed by atoms with van der Waals surface area (Å²) in [5.74, 6) is -0.545. The van der Waals surface area contributed by atoms with E-state index in [1.807, 2.05) is 0 Å². The zero-order chi connectivity index (χ0) is 19.1. The van der Waals surface area contributed by atoms with Gasteiger partial charge in [0, 0.05) is 11.1 Å². The monoisotopic (exact) mass is 375 g/mol. The molecule has 3 N–H and O–H groups in total. The largest absolute Gasteiger partial charge is 0.378 e. The fourth-order valence-corrected chi connectivity index (χ4v) is 3.67. The van der Waals surface area contributed by atoms with Crippen molar-refractivity contribution in [2.75, 3.05) is 5.32 Å². The van der Waals surface area contributed by atoms with Gasteiger partial charge in [-0.25, -0.2) is 4.98 Å². The number of rotatable bonds is 8. The highest BCUT2D eigenvalue weighted by Crippen LogP contribution is 2.30. The summed E-state index contributed by atoms with van der Waals surface area (Å²) < 4.78 is 0. The molecule has 1 aromatic heterocycles. The highest BCUT2D eigenvalue weighted by atomic mass is 32.1. The van der Waals surface area contributed by atoms with Crippen molar-refractivity contribution in [1.29, 1.82) is 0 Å². The van der Waals surface area contributed by atoms with Crippen LogP contribution in [0.4, 0.5) is 5.13 Å². The summed E-state index contributed by atoms with van der Waals surface area (Å²) in [5.41, 5.74) is 0.479. The minimum Gasteiger partial charge on any atom is -0.378 e. The van der Waals surface area contributed by atoms with Crippen LogP contribution in [0.25, 0.3) is 0 Å². The van der Waals surface area contributed by atoms with Crippen molar-refractivity contribution < 1.29 is 14.7 Å². The first-order valence-corrected chi connectivity index (χ1v) is 9.57. The Bertz CT molecular complexity index is 729. The molecular formula is C19H25N3O3S. The molecule has 0 aliphatic heterocycles. The van der Waals surface area contributed by atoms with E-state index in [0.717, 1.165) is 17.7 Å². The van der Waals surface area contributed by atoms with Gasteiger partial charge in [0.25, 0.3) is 5.91 Å². The molecular weight excluding hydrogens is 350 g/mol. The topological polar surface area (TPSA) is 91.3 Å². The Balaban J connectivity index is 1.92. The van der Waals surface area contributed by atoms with Crippen LogP contribution in [0.15, 0.2) is 36.5 Å². The van der Waals surface area contributed by atoms with Crippen LogP contribution in [-0.4, -0.2) is 27.9 Å². The predicted molar refractivity (Wildman–Crippen MR) is 103 cm³/mol. The molecule has 0 fully saturated rings. The molecule has 1 heterocycles. The highest BCUT2D eigenvalue weighted by Gasteiger charge is 2.23. The fraction of sp³-hybridized carbons (Fsp3) is 0.421. The van der Waals surface area contributed by atoms with Crippen molar-refractivity contribution in [2.45, 2.75) is 51.7 Å². The molecule has 2 amide bonds. The molecule has 1 aromatic carbocycles. The highest BCUT2D eigenvalue weighted by molar-refractivity contribution is 7.15. The van der Waals surface area contributed by atoms with E-state index in [4.69, 9.17) is 0 Å². The number of thiazole rings is 1. The number of nitrogens with zero attached hydrogens (tertiary/aromatic N) is 1. The molecule has 0 radical (unpaired) electrons. The molecule has 0 spiro atoms. The zero-order valence-corrected chi connectivity index (χ0v) is 16.0. The minimum absolute atomic E-state index is 0.371. The van der Waals surface area contributed by atoms with Crippen LogP contribution in [-0.2, 0) is 9.59 Å². The molecule has 6 nitrogen and oxygen atoms in total. The Kier molecular flexibility index (Phi) is 7.29. The summed E-state index contributed by atoms with van der Waals surface area (Å²) in [5, 5.41) is 15.8. The molecule has 0 saturated carbocycles. The number of hydrogen-bond donors (Lipinski definition) is 3. The van der Waals surface area contributed by atoms with E-state index in [1.165, 1.54) is 11.3 Å². The lowest BCUT2D eigenvalue weighted by atomic mass is 10.0. The van der Waals surface area contributed by atoms with Gasteiger partial charge in [-0.3, -0.25) is 9.59 Å². The summed E-state index contributed by atoms with van der Waals surface area (Å²) in [6, 6.07) is 7.80. The quantitative estimate of drug-likeness (QED) is 0.661. The Hall–Kier alpha value is -2.25. The summed E-state index contributed by atoms with van der Waals surface area (Å²) in [6.45, 7) is 5.82. The minimum atomic E-state index is -1.31. The molecule has 2 unspecified atom stereocenters. The van der Waals surface area contributed by atoms with Gasteiger partial charge in [-0.05, 0) is 31.2 Å². The molecule has 0 aliphatic rings.